The maximum absolute atomic E-state index is 14.6. The predicted octanol–water partition coefficient (Wildman–Crippen LogP) is 3.88. The van der Waals surface area contributed by atoms with E-state index in [9.17, 15) is 9.36 Å². The second-order valence-corrected chi connectivity index (χ2v) is 9.16. The van der Waals surface area contributed by atoms with Crippen LogP contribution in [0.1, 0.15) is 18.1 Å². The third-order valence-corrected chi connectivity index (χ3v) is 7.94. The lowest BCUT2D eigenvalue weighted by molar-refractivity contribution is -0.118. The van der Waals surface area contributed by atoms with Crippen LogP contribution in [-0.4, -0.2) is 12.5 Å². The Kier molecular flexibility index (Phi) is 5.70. The molecule has 0 radical (unpaired) electrons. The van der Waals surface area contributed by atoms with Crippen LogP contribution < -0.4 is 15.9 Å². The number of hydrogen-bond acceptors (Lipinski definition) is 2. The van der Waals surface area contributed by atoms with Gasteiger partial charge in [-0.1, -0.05) is 91.0 Å². The van der Waals surface area contributed by atoms with Crippen molar-refractivity contribution < 1.29 is 9.36 Å². The van der Waals surface area contributed by atoms with Crippen LogP contribution in [0.25, 0.3) is 0 Å². The highest BCUT2D eigenvalue weighted by Gasteiger charge is 2.37. The Labute approximate surface area is 154 Å². The van der Waals surface area contributed by atoms with Gasteiger partial charge in [0.25, 0.3) is 0 Å². The quantitative estimate of drug-likeness (QED) is 0.676. The fourth-order valence-electron chi connectivity index (χ4n) is 3.18. The van der Waals surface area contributed by atoms with Crippen LogP contribution >= 0.6 is 7.14 Å². The molecule has 1 N–H and O–H groups in total. The molecule has 3 aromatic carbocycles. The lowest BCUT2D eigenvalue weighted by Gasteiger charge is -2.29. The summed E-state index contributed by atoms with van der Waals surface area (Å²) in [5.74, 6) is -0.126. The fraction of sp³-hybridized carbons (Fsp3) is 0.136. The Hall–Kier alpha value is -2.64. The number of hydrogen-bond donors (Lipinski definition) is 1. The van der Waals surface area contributed by atoms with Crippen molar-refractivity contribution in [2.45, 2.75) is 12.6 Å². The van der Waals surface area contributed by atoms with E-state index < -0.39 is 7.14 Å². The van der Waals surface area contributed by atoms with E-state index in [0.29, 0.717) is 6.54 Å². The lowest BCUT2D eigenvalue weighted by Crippen LogP contribution is -2.31. The summed E-state index contributed by atoms with van der Waals surface area (Å²) < 4.78 is 14.6. The van der Waals surface area contributed by atoms with E-state index >= 15 is 0 Å². The first-order chi connectivity index (χ1) is 12.6. The van der Waals surface area contributed by atoms with Crippen LogP contribution in [0.4, 0.5) is 0 Å². The molecule has 3 nitrogen and oxygen atoms in total. The van der Waals surface area contributed by atoms with Gasteiger partial charge in [0, 0.05) is 24.1 Å². The van der Waals surface area contributed by atoms with Gasteiger partial charge in [-0.15, -0.1) is 0 Å². The zero-order valence-corrected chi connectivity index (χ0v) is 15.6. The molecule has 132 valence electrons. The van der Waals surface area contributed by atoms with Crippen LogP contribution in [0, 0.1) is 0 Å². The van der Waals surface area contributed by atoms with Gasteiger partial charge in [0.15, 0.2) is 7.14 Å². The van der Waals surface area contributed by atoms with Gasteiger partial charge in [-0.25, -0.2) is 0 Å². The third-order valence-electron chi connectivity index (χ3n) is 4.45. The minimum Gasteiger partial charge on any atom is -0.355 e. The molecule has 0 aliphatic carbocycles. The largest absolute Gasteiger partial charge is 0.355 e. The highest BCUT2D eigenvalue weighted by molar-refractivity contribution is 7.79. The minimum atomic E-state index is -3.03. The van der Waals surface area contributed by atoms with Gasteiger partial charge >= 0.3 is 0 Å². The van der Waals surface area contributed by atoms with Crippen molar-refractivity contribution >= 4 is 23.7 Å². The van der Waals surface area contributed by atoms with Crippen molar-refractivity contribution in [3.63, 3.8) is 0 Å². The van der Waals surface area contributed by atoms with Crippen molar-refractivity contribution in [3.8, 4) is 0 Å². The van der Waals surface area contributed by atoms with Gasteiger partial charge in [0.2, 0.25) is 5.91 Å². The standard InChI is InChI=1S/C22H22NO2P/c1-18(24)23-17-22(19-11-5-2-6-12-19)26(25,20-13-7-3-8-14-20)21-15-9-4-10-16-21/h2-16,22H,17H2,1H3,(H,23,24). The molecule has 4 heteroatoms. The van der Waals surface area contributed by atoms with Crippen LogP contribution in [0.5, 0.6) is 0 Å². The molecule has 0 saturated carbocycles. The zero-order valence-electron chi connectivity index (χ0n) is 14.7. The van der Waals surface area contributed by atoms with Crippen LogP contribution in [-0.2, 0) is 9.36 Å². The van der Waals surface area contributed by atoms with Crippen molar-refractivity contribution in [2.75, 3.05) is 6.54 Å². The topological polar surface area (TPSA) is 46.2 Å². The Balaban J connectivity index is 2.19. The van der Waals surface area contributed by atoms with Crippen LogP contribution in [0.2, 0.25) is 0 Å². The van der Waals surface area contributed by atoms with E-state index in [2.05, 4.69) is 5.32 Å². The second kappa shape index (κ2) is 8.16. The first kappa shape index (κ1) is 18.2. The summed E-state index contributed by atoms with van der Waals surface area (Å²) in [5.41, 5.74) is 0.620. The molecule has 3 rings (SSSR count). The molecule has 1 amide bonds. The SMILES string of the molecule is CC(=O)NCC(c1ccccc1)P(=O)(c1ccccc1)c1ccccc1. The molecular formula is C22H22NO2P. The van der Waals surface area contributed by atoms with E-state index in [-0.39, 0.29) is 11.6 Å². The van der Waals surface area contributed by atoms with Gasteiger partial charge in [-0.05, 0) is 5.56 Å². The summed E-state index contributed by atoms with van der Waals surface area (Å²) in [6.45, 7) is 1.80. The number of nitrogens with one attached hydrogen (secondary N) is 1. The molecule has 26 heavy (non-hydrogen) atoms. The van der Waals surface area contributed by atoms with E-state index in [4.69, 9.17) is 0 Å². The molecule has 0 fully saturated rings. The summed E-state index contributed by atoms with van der Waals surface area (Å²) >= 11 is 0. The maximum Gasteiger partial charge on any atom is 0.216 e. The van der Waals surface area contributed by atoms with E-state index in [1.165, 1.54) is 6.92 Å². The number of amides is 1. The fourth-order valence-corrected chi connectivity index (χ4v) is 6.37. The Morgan fingerprint density at radius 2 is 1.23 bits per heavy atom. The van der Waals surface area contributed by atoms with Crippen LogP contribution in [0.3, 0.4) is 0 Å². The highest BCUT2D eigenvalue weighted by atomic mass is 31.2. The van der Waals surface area contributed by atoms with Gasteiger partial charge in [0.1, 0.15) is 0 Å². The molecule has 1 atom stereocenters. The van der Waals surface area contributed by atoms with Crippen molar-refractivity contribution in [1.29, 1.82) is 0 Å². The monoisotopic (exact) mass is 363 g/mol. The van der Waals surface area contributed by atoms with Gasteiger partial charge in [-0.3, -0.25) is 4.79 Å². The second-order valence-electron chi connectivity index (χ2n) is 6.19. The number of carbonyl (C=O) groups excluding carboxylic acids is 1. The maximum atomic E-state index is 14.6. The summed E-state index contributed by atoms with van der Waals surface area (Å²) in [6, 6.07) is 28.9. The van der Waals surface area contributed by atoms with E-state index in [1.54, 1.807) is 0 Å². The molecule has 0 aliphatic heterocycles. The summed E-state index contributed by atoms with van der Waals surface area (Å²) in [6.07, 6.45) is 0. The summed E-state index contributed by atoms with van der Waals surface area (Å²) in [7, 11) is -3.03. The summed E-state index contributed by atoms with van der Waals surface area (Å²) in [5, 5.41) is 4.47. The molecule has 1 unspecified atom stereocenters. The highest BCUT2D eigenvalue weighted by Crippen LogP contribution is 2.56. The predicted molar refractivity (Wildman–Crippen MR) is 108 cm³/mol. The Morgan fingerprint density at radius 3 is 1.65 bits per heavy atom. The number of benzene rings is 3. The van der Waals surface area contributed by atoms with Gasteiger partial charge in [-0.2, -0.15) is 0 Å². The first-order valence-electron chi connectivity index (χ1n) is 8.62. The van der Waals surface area contributed by atoms with E-state index in [1.807, 2.05) is 91.0 Å². The normalized spacial score (nSPS) is 12.3. The molecular weight excluding hydrogens is 341 g/mol. The van der Waals surface area contributed by atoms with Crippen molar-refractivity contribution in [2.24, 2.45) is 0 Å². The number of rotatable bonds is 6. The average molecular weight is 363 g/mol. The molecule has 0 saturated heterocycles. The van der Waals surface area contributed by atoms with Crippen LogP contribution in [0.15, 0.2) is 91.0 Å². The van der Waals surface area contributed by atoms with E-state index in [0.717, 1.165) is 16.2 Å². The molecule has 3 aromatic rings. The zero-order chi connectivity index (χ0) is 18.4. The molecule has 0 heterocycles. The molecule has 0 spiro atoms. The number of carbonyl (C=O) groups is 1. The first-order valence-corrected chi connectivity index (χ1v) is 10.4. The minimum absolute atomic E-state index is 0.126. The van der Waals surface area contributed by atoms with Gasteiger partial charge in [0.05, 0.1) is 5.66 Å². The van der Waals surface area contributed by atoms with Crippen molar-refractivity contribution in [1.82, 2.24) is 5.32 Å². The lowest BCUT2D eigenvalue weighted by atomic mass is 10.1. The molecule has 0 bridgehead atoms. The third kappa shape index (κ3) is 3.79. The molecule has 0 aliphatic rings. The average Bonchev–Trinajstić information content (AvgIpc) is 2.70. The Morgan fingerprint density at radius 1 is 0.808 bits per heavy atom. The van der Waals surface area contributed by atoms with Gasteiger partial charge < -0.3 is 9.88 Å². The summed E-state index contributed by atoms with van der Waals surface area (Å²) in [4.78, 5) is 11.6. The Bertz CT molecular complexity index is 852. The smallest absolute Gasteiger partial charge is 0.216 e. The van der Waals surface area contributed by atoms with Crippen molar-refractivity contribution in [3.05, 3.63) is 96.6 Å². The molecule has 0 aromatic heterocycles.